The first-order chi connectivity index (χ1) is 9.06. The van der Waals surface area contributed by atoms with Crippen LogP contribution in [0.2, 0.25) is 10.0 Å². The van der Waals surface area contributed by atoms with Crippen LogP contribution in [0.3, 0.4) is 0 Å². The third-order valence-electron chi connectivity index (χ3n) is 3.30. The van der Waals surface area contributed by atoms with Crippen LogP contribution in [0.5, 0.6) is 0 Å². The zero-order chi connectivity index (χ0) is 13.8. The van der Waals surface area contributed by atoms with Crippen LogP contribution in [0.15, 0.2) is 18.2 Å². The Morgan fingerprint density at radius 3 is 2.74 bits per heavy atom. The van der Waals surface area contributed by atoms with Crippen molar-refractivity contribution in [2.75, 3.05) is 18.1 Å². The smallest absolute Gasteiger partial charge is 0.0929 e. The molecule has 0 amide bonds. The molecule has 1 heterocycles. The Bertz CT molecular complexity index is 460. The molecule has 1 aromatic rings. The van der Waals surface area contributed by atoms with Crippen molar-refractivity contribution in [3.8, 4) is 0 Å². The summed E-state index contributed by atoms with van der Waals surface area (Å²) in [6.07, 6.45) is 1.10. The first-order valence-electron chi connectivity index (χ1n) is 6.27. The van der Waals surface area contributed by atoms with Gasteiger partial charge in [0.15, 0.2) is 0 Å². The highest BCUT2D eigenvalue weighted by molar-refractivity contribution is 7.85. The number of nitrogens with one attached hydrogen (secondary N) is 1. The number of halogens is 2. The third-order valence-corrected chi connectivity index (χ3v) is 5.27. The van der Waals surface area contributed by atoms with Crippen molar-refractivity contribution in [2.45, 2.75) is 25.0 Å². The Hall–Kier alpha value is -0.130. The summed E-state index contributed by atoms with van der Waals surface area (Å²) >= 11 is 11.9. The minimum absolute atomic E-state index is 0.324. The van der Waals surface area contributed by atoms with E-state index in [1.807, 2.05) is 0 Å². The average Bonchev–Trinajstić information content (AvgIpc) is 2.40. The van der Waals surface area contributed by atoms with Crippen LogP contribution in [0.4, 0.5) is 0 Å². The fourth-order valence-corrected chi connectivity index (χ4v) is 3.88. The highest BCUT2D eigenvalue weighted by atomic mass is 35.5. The highest BCUT2D eigenvalue weighted by Crippen LogP contribution is 2.26. The number of aliphatic hydroxyl groups excluding tert-OH is 1. The van der Waals surface area contributed by atoms with Gasteiger partial charge in [0.25, 0.3) is 0 Å². The summed E-state index contributed by atoms with van der Waals surface area (Å²) < 4.78 is 11.3. The van der Waals surface area contributed by atoms with E-state index < -0.39 is 16.9 Å². The molecule has 0 bridgehead atoms. The van der Waals surface area contributed by atoms with Gasteiger partial charge in [-0.15, -0.1) is 0 Å². The minimum atomic E-state index is -0.682. The van der Waals surface area contributed by atoms with Crippen LogP contribution < -0.4 is 5.32 Å². The highest BCUT2D eigenvalue weighted by Gasteiger charge is 2.19. The van der Waals surface area contributed by atoms with Crippen LogP contribution in [0.25, 0.3) is 0 Å². The van der Waals surface area contributed by atoms with Gasteiger partial charge in [0, 0.05) is 50.5 Å². The van der Waals surface area contributed by atoms with Crippen molar-refractivity contribution in [1.29, 1.82) is 0 Å². The van der Waals surface area contributed by atoms with Crippen LogP contribution in [0, 0.1) is 0 Å². The molecule has 2 N–H and O–H groups in total. The van der Waals surface area contributed by atoms with Gasteiger partial charge in [-0.25, -0.2) is 0 Å². The molecule has 3 nitrogen and oxygen atoms in total. The quantitative estimate of drug-likeness (QED) is 0.896. The molecule has 6 heteroatoms. The van der Waals surface area contributed by atoms with E-state index in [1.54, 1.807) is 18.2 Å². The van der Waals surface area contributed by atoms with Gasteiger partial charge in [0.1, 0.15) is 0 Å². The summed E-state index contributed by atoms with van der Waals surface area (Å²) in [4.78, 5) is 0. The van der Waals surface area contributed by atoms with Crippen molar-refractivity contribution in [2.24, 2.45) is 0 Å². The van der Waals surface area contributed by atoms with Gasteiger partial charge in [0.05, 0.1) is 6.10 Å². The summed E-state index contributed by atoms with van der Waals surface area (Å²) in [5.41, 5.74) is 0.640. The van der Waals surface area contributed by atoms with Crippen molar-refractivity contribution >= 4 is 34.0 Å². The summed E-state index contributed by atoms with van der Waals surface area (Å²) in [5.74, 6) is 1.48. The molecule has 19 heavy (non-hydrogen) atoms. The van der Waals surface area contributed by atoms with E-state index in [4.69, 9.17) is 23.2 Å². The second-order valence-electron chi connectivity index (χ2n) is 4.71. The molecule has 1 aliphatic heterocycles. The van der Waals surface area contributed by atoms with E-state index in [-0.39, 0.29) is 0 Å². The fraction of sp³-hybridized carbons (Fsp3) is 0.538. The second-order valence-corrected chi connectivity index (χ2v) is 7.25. The lowest BCUT2D eigenvalue weighted by molar-refractivity contribution is 0.169. The Morgan fingerprint density at radius 2 is 2.05 bits per heavy atom. The molecule has 1 unspecified atom stereocenters. The monoisotopic (exact) mass is 321 g/mol. The lowest BCUT2D eigenvalue weighted by Gasteiger charge is -2.24. The maximum absolute atomic E-state index is 11.3. The van der Waals surface area contributed by atoms with E-state index in [0.29, 0.717) is 28.2 Å². The number of rotatable bonds is 4. The number of benzene rings is 1. The Labute approximate surface area is 125 Å². The number of hydrogen-bond acceptors (Lipinski definition) is 3. The van der Waals surface area contributed by atoms with Gasteiger partial charge >= 0.3 is 0 Å². The molecule has 0 aromatic heterocycles. The van der Waals surface area contributed by atoms with Gasteiger partial charge in [-0.1, -0.05) is 23.2 Å². The standard InChI is InChI=1S/C13H17Cl2NO2S/c14-9-1-2-12(15)11(7-9)13(17)8-16-10-3-5-19(18)6-4-10/h1-2,7,10,13,16-17H,3-6,8H2. The number of aliphatic hydroxyl groups is 1. The van der Waals surface area contributed by atoms with Gasteiger partial charge in [-0.05, 0) is 31.0 Å². The maximum atomic E-state index is 11.3. The van der Waals surface area contributed by atoms with E-state index in [9.17, 15) is 9.32 Å². The SMILES string of the molecule is O=S1CCC(NCC(O)c2cc(Cl)ccc2Cl)CC1. The van der Waals surface area contributed by atoms with E-state index in [1.165, 1.54) is 0 Å². The van der Waals surface area contributed by atoms with Gasteiger partial charge in [0.2, 0.25) is 0 Å². The summed E-state index contributed by atoms with van der Waals surface area (Å²) in [7, 11) is -0.659. The first kappa shape index (κ1) is 15.3. The molecular formula is C13H17Cl2NO2S. The molecule has 0 radical (unpaired) electrons. The summed E-state index contributed by atoms with van der Waals surface area (Å²) in [5, 5.41) is 14.5. The Balaban J connectivity index is 1.88. The summed E-state index contributed by atoms with van der Waals surface area (Å²) in [6.45, 7) is 0.428. The van der Waals surface area contributed by atoms with E-state index in [0.717, 1.165) is 24.3 Å². The molecular weight excluding hydrogens is 305 g/mol. The largest absolute Gasteiger partial charge is 0.387 e. The second kappa shape index (κ2) is 7.04. The fourth-order valence-electron chi connectivity index (χ4n) is 2.16. The average molecular weight is 322 g/mol. The zero-order valence-corrected chi connectivity index (χ0v) is 12.8. The predicted octanol–water partition coefficient (Wildman–Crippen LogP) is 2.53. The van der Waals surface area contributed by atoms with E-state index >= 15 is 0 Å². The molecule has 1 saturated heterocycles. The Morgan fingerprint density at radius 1 is 1.37 bits per heavy atom. The molecule has 1 fully saturated rings. The molecule has 1 aliphatic rings. The van der Waals surface area contributed by atoms with Crippen molar-refractivity contribution in [3.63, 3.8) is 0 Å². The van der Waals surface area contributed by atoms with Crippen LogP contribution in [-0.4, -0.2) is 33.4 Å². The summed E-state index contributed by atoms with van der Waals surface area (Å²) in [6, 6.07) is 5.40. The molecule has 1 atom stereocenters. The zero-order valence-electron chi connectivity index (χ0n) is 10.4. The normalized spacial score (nSPS) is 25.2. The maximum Gasteiger partial charge on any atom is 0.0929 e. The van der Waals surface area contributed by atoms with Gasteiger partial charge in [-0.2, -0.15) is 0 Å². The third kappa shape index (κ3) is 4.43. The lowest BCUT2D eigenvalue weighted by Crippen LogP contribution is -2.38. The molecule has 0 spiro atoms. The van der Waals surface area contributed by atoms with Crippen LogP contribution >= 0.6 is 23.2 Å². The van der Waals surface area contributed by atoms with Crippen LogP contribution in [0.1, 0.15) is 24.5 Å². The topological polar surface area (TPSA) is 49.3 Å². The van der Waals surface area contributed by atoms with Crippen LogP contribution in [-0.2, 0) is 10.8 Å². The Kier molecular flexibility index (Phi) is 5.66. The van der Waals surface area contributed by atoms with E-state index in [2.05, 4.69) is 5.32 Å². The van der Waals surface area contributed by atoms with Gasteiger partial charge in [-0.3, -0.25) is 4.21 Å². The van der Waals surface area contributed by atoms with Crippen molar-refractivity contribution in [1.82, 2.24) is 5.32 Å². The molecule has 0 aliphatic carbocycles. The predicted molar refractivity (Wildman–Crippen MR) is 80.3 cm³/mol. The molecule has 1 aromatic carbocycles. The molecule has 106 valence electrons. The first-order valence-corrected chi connectivity index (χ1v) is 8.52. The lowest BCUT2D eigenvalue weighted by atomic mass is 10.1. The van der Waals surface area contributed by atoms with Crippen molar-refractivity contribution < 1.29 is 9.32 Å². The number of hydrogen-bond donors (Lipinski definition) is 2. The van der Waals surface area contributed by atoms with Crippen molar-refractivity contribution in [3.05, 3.63) is 33.8 Å². The molecule has 2 rings (SSSR count). The minimum Gasteiger partial charge on any atom is -0.387 e. The van der Waals surface area contributed by atoms with Gasteiger partial charge < -0.3 is 10.4 Å². The molecule has 0 saturated carbocycles.